The molecule has 0 amide bonds. The van der Waals surface area contributed by atoms with E-state index in [1.165, 1.54) is 12.8 Å². The lowest BCUT2D eigenvalue weighted by molar-refractivity contribution is 0.0741. The van der Waals surface area contributed by atoms with Gasteiger partial charge in [0.1, 0.15) is 11.9 Å². The van der Waals surface area contributed by atoms with Crippen LogP contribution in [0.3, 0.4) is 0 Å². The van der Waals surface area contributed by atoms with E-state index in [-0.39, 0.29) is 6.10 Å². The summed E-state index contributed by atoms with van der Waals surface area (Å²) in [7, 11) is 0. The summed E-state index contributed by atoms with van der Waals surface area (Å²) in [6.45, 7) is 5.12. The van der Waals surface area contributed by atoms with Gasteiger partial charge < -0.3 is 10.5 Å². The molecule has 19 heavy (non-hydrogen) atoms. The molecule has 2 rings (SSSR count). The van der Waals surface area contributed by atoms with Gasteiger partial charge in [0.2, 0.25) is 0 Å². The van der Waals surface area contributed by atoms with Gasteiger partial charge in [0.05, 0.1) is 0 Å². The highest BCUT2D eigenvalue weighted by molar-refractivity contribution is 6.31. The van der Waals surface area contributed by atoms with Gasteiger partial charge in [-0.3, -0.25) is 0 Å². The Hall–Kier alpha value is -0.730. The SMILES string of the molecule is CCc1cc(OC2CC(C)CCC2CN)ccc1Cl. The molecule has 0 aliphatic heterocycles. The van der Waals surface area contributed by atoms with Crippen LogP contribution in [0, 0.1) is 11.8 Å². The van der Waals surface area contributed by atoms with E-state index in [1.54, 1.807) is 0 Å². The first-order valence-electron chi connectivity index (χ1n) is 7.29. The number of benzene rings is 1. The number of rotatable bonds is 4. The molecule has 1 saturated carbocycles. The predicted molar refractivity (Wildman–Crippen MR) is 80.8 cm³/mol. The molecule has 0 aromatic heterocycles. The van der Waals surface area contributed by atoms with E-state index in [9.17, 15) is 0 Å². The molecule has 1 aliphatic carbocycles. The Morgan fingerprint density at radius 2 is 2.16 bits per heavy atom. The summed E-state index contributed by atoms with van der Waals surface area (Å²) >= 11 is 6.14. The minimum atomic E-state index is 0.250. The van der Waals surface area contributed by atoms with Crippen molar-refractivity contribution < 1.29 is 4.74 Å². The van der Waals surface area contributed by atoms with E-state index in [1.807, 2.05) is 12.1 Å². The summed E-state index contributed by atoms with van der Waals surface area (Å²) < 4.78 is 6.19. The second-order valence-corrected chi connectivity index (χ2v) is 6.08. The zero-order valence-electron chi connectivity index (χ0n) is 11.9. The first-order valence-corrected chi connectivity index (χ1v) is 7.67. The standard InChI is InChI=1S/C16H24ClNO/c1-3-12-9-14(6-7-15(12)17)19-16-8-11(2)4-5-13(16)10-18/h6-7,9,11,13,16H,3-5,8,10,18H2,1-2H3. The summed E-state index contributed by atoms with van der Waals surface area (Å²) in [6.07, 6.45) is 4.72. The minimum Gasteiger partial charge on any atom is -0.490 e. The van der Waals surface area contributed by atoms with Crippen molar-refractivity contribution in [2.45, 2.75) is 45.6 Å². The van der Waals surface area contributed by atoms with Gasteiger partial charge in [-0.25, -0.2) is 0 Å². The van der Waals surface area contributed by atoms with Crippen molar-refractivity contribution in [2.75, 3.05) is 6.54 Å². The molecule has 0 saturated heterocycles. The highest BCUT2D eigenvalue weighted by Crippen LogP contribution is 2.32. The van der Waals surface area contributed by atoms with Crippen LogP contribution in [0.2, 0.25) is 5.02 Å². The lowest BCUT2D eigenvalue weighted by atomic mass is 9.80. The van der Waals surface area contributed by atoms with E-state index < -0.39 is 0 Å². The van der Waals surface area contributed by atoms with Crippen LogP contribution in [0.15, 0.2) is 18.2 Å². The van der Waals surface area contributed by atoms with Crippen LogP contribution in [0.5, 0.6) is 5.75 Å². The maximum Gasteiger partial charge on any atom is 0.120 e. The van der Waals surface area contributed by atoms with Crippen LogP contribution in [-0.2, 0) is 6.42 Å². The van der Waals surface area contributed by atoms with Gasteiger partial charge >= 0.3 is 0 Å². The Bertz CT molecular complexity index is 421. The molecular weight excluding hydrogens is 258 g/mol. The molecule has 3 atom stereocenters. The van der Waals surface area contributed by atoms with Crippen molar-refractivity contribution in [3.63, 3.8) is 0 Å². The molecule has 3 heteroatoms. The van der Waals surface area contributed by atoms with Gasteiger partial charge in [0, 0.05) is 10.9 Å². The lowest BCUT2D eigenvalue weighted by Crippen LogP contribution is -2.37. The molecule has 1 aromatic rings. The molecular formula is C16H24ClNO. The van der Waals surface area contributed by atoms with E-state index >= 15 is 0 Å². The van der Waals surface area contributed by atoms with Crippen molar-refractivity contribution in [3.05, 3.63) is 28.8 Å². The maximum atomic E-state index is 6.19. The van der Waals surface area contributed by atoms with Gasteiger partial charge in [0.25, 0.3) is 0 Å². The Morgan fingerprint density at radius 1 is 1.37 bits per heavy atom. The third kappa shape index (κ3) is 3.64. The van der Waals surface area contributed by atoms with Gasteiger partial charge in [-0.1, -0.05) is 31.9 Å². The van der Waals surface area contributed by atoms with Gasteiger partial charge in [-0.2, -0.15) is 0 Å². The normalized spacial score (nSPS) is 27.3. The minimum absolute atomic E-state index is 0.250. The molecule has 106 valence electrons. The first-order chi connectivity index (χ1) is 9.13. The Morgan fingerprint density at radius 3 is 2.84 bits per heavy atom. The Kier molecular flexibility index (Phi) is 5.12. The average molecular weight is 282 g/mol. The van der Waals surface area contributed by atoms with Crippen LogP contribution in [-0.4, -0.2) is 12.6 Å². The Balaban J connectivity index is 2.10. The third-order valence-electron chi connectivity index (χ3n) is 4.18. The summed E-state index contributed by atoms with van der Waals surface area (Å²) in [5, 5.41) is 0.822. The monoisotopic (exact) mass is 281 g/mol. The molecule has 0 spiro atoms. The fourth-order valence-corrected chi connectivity index (χ4v) is 3.13. The second kappa shape index (κ2) is 6.62. The lowest BCUT2D eigenvalue weighted by Gasteiger charge is -2.34. The smallest absolute Gasteiger partial charge is 0.120 e. The third-order valence-corrected chi connectivity index (χ3v) is 4.55. The molecule has 3 unspecified atom stereocenters. The number of nitrogens with two attached hydrogens (primary N) is 1. The van der Waals surface area contributed by atoms with E-state index in [0.29, 0.717) is 12.5 Å². The van der Waals surface area contributed by atoms with Crippen molar-refractivity contribution in [2.24, 2.45) is 17.6 Å². The fourth-order valence-electron chi connectivity index (χ4n) is 2.88. The fraction of sp³-hybridized carbons (Fsp3) is 0.625. The molecule has 2 N–H and O–H groups in total. The molecule has 0 bridgehead atoms. The van der Waals surface area contributed by atoms with Gasteiger partial charge in [-0.05, 0) is 55.5 Å². The molecule has 1 fully saturated rings. The number of halogens is 1. The van der Waals surface area contributed by atoms with Crippen LogP contribution in [0.25, 0.3) is 0 Å². The largest absolute Gasteiger partial charge is 0.490 e. The molecule has 0 heterocycles. The van der Waals surface area contributed by atoms with Crippen molar-refractivity contribution in [1.29, 1.82) is 0 Å². The molecule has 2 nitrogen and oxygen atoms in total. The highest BCUT2D eigenvalue weighted by Gasteiger charge is 2.29. The van der Waals surface area contributed by atoms with E-state index in [0.717, 1.165) is 35.1 Å². The van der Waals surface area contributed by atoms with Crippen LogP contribution >= 0.6 is 11.6 Å². The van der Waals surface area contributed by atoms with E-state index in [2.05, 4.69) is 19.9 Å². The summed E-state index contributed by atoms with van der Waals surface area (Å²) in [5.74, 6) is 2.14. The van der Waals surface area contributed by atoms with Crippen LogP contribution < -0.4 is 10.5 Å². The zero-order valence-corrected chi connectivity index (χ0v) is 12.6. The summed E-state index contributed by atoms with van der Waals surface area (Å²) in [5.41, 5.74) is 7.02. The van der Waals surface area contributed by atoms with E-state index in [4.69, 9.17) is 22.1 Å². The van der Waals surface area contributed by atoms with Gasteiger partial charge in [0.15, 0.2) is 0 Å². The number of ether oxygens (including phenoxy) is 1. The molecule has 1 aliphatic rings. The first kappa shape index (κ1) is 14.7. The summed E-state index contributed by atoms with van der Waals surface area (Å²) in [4.78, 5) is 0. The van der Waals surface area contributed by atoms with Crippen molar-refractivity contribution in [3.8, 4) is 5.75 Å². The van der Waals surface area contributed by atoms with Gasteiger partial charge in [-0.15, -0.1) is 0 Å². The predicted octanol–water partition coefficient (Wildman–Crippen LogP) is 4.04. The Labute approximate surface area is 121 Å². The van der Waals surface area contributed by atoms with Crippen LogP contribution in [0.1, 0.15) is 38.7 Å². The molecule has 1 aromatic carbocycles. The zero-order chi connectivity index (χ0) is 13.8. The van der Waals surface area contributed by atoms with Crippen LogP contribution in [0.4, 0.5) is 0 Å². The topological polar surface area (TPSA) is 35.2 Å². The van der Waals surface area contributed by atoms with Crippen molar-refractivity contribution >= 4 is 11.6 Å². The number of hydrogen-bond donors (Lipinski definition) is 1. The molecule has 0 radical (unpaired) electrons. The van der Waals surface area contributed by atoms with Crippen molar-refractivity contribution in [1.82, 2.24) is 0 Å². The quantitative estimate of drug-likeness (QED) is 0.904. The average Bonchev–Trinajstić information content (AvgIpc) is 2.41. The second-order valence-electron chi connectivity index (χ2n) is 5.68. The maximum absolute atomic E-state index is 6.19. The number of aryl methyl sites for hydroxylation is 1. The highest BCUT2D eigenvalue weighted by atomic mass is 35.5. The number of hydrogen-bond acceptors (Lipinski definition) is 2. The summed E-state index contributed by atoms with van der Waals surface area (Å²) in [6, 6.07) is 5.96.